The van der Waals surface area contributed by atoms with Gasteiger partial charge in [-0.15, -0.1) is 11.3 Å². The van der Waals surface area contributed by atoms with Gasteiger partial charge in [-0.25, -0.2) is 4.98 Å². The van der Waals surface area contributed by atoms with Crippen molar-refractivity contribution in [3.63, 3.8) is 0 Å². The first-order valence-electron chi connectivity index (χ1n) is 8.58. The summed E-state index contributed by atoms with van der Waals surface area (Å²) in [5.41, 5.74) is 2.22. The van der Waals surface area contributed by atoms with Crippen LogP contribution in [0.4, 0.5) is 5.69 Å². The Hall–Kier alpha value is -1.66. The fourth-order valence-corrected chi connectivity index (χ4v) is 5.09. The van der Waals surface area contributed by atoms with E-state index in [1.165, 1.54) is 10.4 Å². The second kappa shape index (κ2) is 6.57. The van der Waals surface area contributed by atoms with Gasteiger partial charge in [-0.05, 0) is 61.9 Å². The summed E-state index contributed by atoms with van der Waals surface area (Å²) in [5, 5.41) is 4.21. The third kappa shape index (κ3) is 3.25. The van der Waals surface area contributed by atoms with Gasteiger partial charge in [0.2, 0.25) is 0 Å². The number of rotatable bonds is 3. The zero-order valence-electron chi connectivity index (χ0n) is 14.2. The minimum absolute atomic E-state index is 0.00323. The predicted molar refractivity (Wildman–Crippen MR) is 108 cm³/mol. The molecule has 4 nitrogen and oxygen atoms in total. The standard InChI is InChI=1S/C19H20BrN3OS/c1-10-3-8-14-15(9-10)25-19-16(14)18(24)22-17(23-19)11(2)21-13-6-4-12(20)5-7-13/h4-7,10-11,21H,3,8-9H2,1-2H3,(H,22,23,24)/t10-,11+/m1/s1. The fourth-order valence-electron chi connectivity index (χ4n) is 3.44. The fraction of sp³-hybridized carbons (Fsp3) is 0.368. The van der Waals surface area contributed by atoms with E-state index in [4.69, 9.17) is 4.98 Å². The lowest BCUT2D eigenvalue weighted by atomic mass is 9.89. The van der Waals surface area contributed by atoms with Crippen molar-refractivity contribution in [1.29, 1.82) is 0 Å². The SMILES string of the molecule is C[C@@H]1CCc2c(sc3nc([C@H](C)Nc4ccc(Br)cc4)[nH]c(=O)c23)C1. The number of thiophene rings is 1. The first-order chi connectivity index (χ1) is 12.0. The number of aromatic nitrogens is 2. The summed E-state index contributed by atoms with van der Waals surface area (Å²) in [4.78, 5) is 22.7. The maximum Gasteiger partial charge on any atom is 0.259 e. The average Bonchev–Trinajstić information content (AvgIpc) is 2.94. The molecule has 0 bridgehead atoms. The molecule has 0 unspecified atom stereocenters. The van der Waals surface area contributed by atoms with Crippen molar-refractivity contribution in [3.8, 4) is 0 Å². The Morgan fingerprint density at radius 1 is 1.36 bits per heavy atom. The van der Waals surface area contributed by atoms with Gasteiger partial charge in [-0.2, -0.15) is 0 Å². The van der Waals surface area contributed by atoms with Gasteiger partial charge in [0, 0.05) is 15.0 Å². The van der Waals surface area contributed by atoms with Gasteiger partial charge in [-0.3, -0.25) is 4.79 Å². The van der Waals surface area contributed by atoms with E-state index in [-0.39, 0.29) is 11.6 Å². The number of benzene rings is 1. The Balaban J connectivity index is 1.68. The van der Waals surface area contributed by atoms with Gasteiger partial charge in [0.1, 0.15) is 10.7 Å². The molecule has 1 aliphatic rings. The zero-order valence-corrected chi connectivity index (χ0v) is 16.6. The molecule has 1 aromatic carbocycles. The van der Waals surface area contributed by atoms with Crippen LogP contribution in [0.25, 0.3) is 10.2 Å². The van der Waals surface area contributed by atoms with Crippen LogP contribution in [0, 0.1) is 5.92 Å². The molecule has 0 saturated carbocycles. The molecule has 2 heterocycles. The smallest absolute Gasteiger partial charge is 0.259 e. The second-order valence-corrected chi connectivity index (χ2v) is 8.86. The molecule has 1 aliphatic carbocycles. The van der Waals surface area contributed by atoms with Gasteiger partial charge < -0.3 is 10.3 Å². The Kier molecular flexibility index (Phi) is 4.41. The molecule has 0 saturated heterocycles. The van der Waals surface area contributed by atoms with Gasteiger partial charge in [0.15, 0.2) is 0 Å². The third-order valence-corrected chi connectivity index (χ3v) is 6.50. The molecule has 0 fully saturated rings. The van der Waals surface area contributed by atoms with Crippen LogP contribution in [0.15, 0.2) is 33.5 Å². The molecule has 4 rings (SSSR count). The molecule has 0 amide bonds. The molecule has 0 radical (unpaired) electrons. The second-order valence-electron chi connectivity index (χ2n) is 6.86. The highest BCUT2D eigenvalue weighted by Gasteiger charge is 2.23. The molecule has 2 N–H and O–H groups in total. The summed E-state index contributed by atoms with van der Waals surface area (Å²) < 4.78 is 1.04. The molecule has 25 heavy (non-hydrogen) atoms. The minimum Gasteiger partial charge on any atom is -0.375 e. The number of halogens is 1. The number of H-pyrrole nitrogens is 1. The number of fused-ring (bicyclic) bond motifs is 3. The minimum atomic E-state index is -0.0728. The molecular weight excluding hydrogens is 398 g/mol. The lowest BCUT2D eigenvalue weighted by Crippen LogP contribution is -2.18. The van der Waals surface area contributed by atoms with Crippen LogP contribution in [-0.2, 0) is 12.8 Å². The first-order valence-corrected chi connectivity index (χ1v) is 10.2. The van der Waals surface area contributed by atoms with Crippen LogP contribution >= 0.6 is 27.3 Å². The van der Waals surface area contributed by atoms with E-state index in [0.717, 1.165) is 39.6 Å². The summed E-state index contributed by atoms with van der Waals surface area (Å²) in [6.07, 6.45) is 3.21. The zero-order chi connectivity index (χ0) is 17.6. The third-order valence-electron chi connectivity index (χ3n) is 4.82. The summed E-state index contributed by atoms with van der Waals surface area (Å²) in [6.45, 7) is 4.29. The van der Waals surface area contributed by atoms with Crippen LogP contribution < -0.4 is 10.9 Å². The van der Waals surface area contributed by atoms with E-state index >= 15 is 0 Å². The van der Waals surface area contributed by atoms with Crippen LogP contribution in [0.5, 0.6) is 0 Å². The van der Waals surface area contributed by atoms with Crippen molar-refractivity contribution >= 4 is 43.2 Å². The Labute approximate surface area is 158 Å². The first kappa shape index (κ1) is 16.8. The Bertz CT molecular complexity index is 977. The number of hydrogen-bond acceptors (Lipinski definition) is 4. The molecule has 6 heteroatoms. The van der Waals surface area contributed by atoms with Crippen LogP contribution in [-0.4, -0.2) is 9.97 Å². The summed E-state index contributed by atoms with van der Waals surface area (Å²) >= 11 is 5.13. The molecular formula is C19H20BrN3OS. The molecule has 2 aromatic heterocycles. The van der Waals surface area contributed by atoms with Gasteiger partial charge >= 0.3 is 0 Å². The summed E-state index contributed by atoms with van der Waals surface area (Å²) in [6, 6.07) is 7.91. The van der Waals surface area contributed by atoms with Crippen molar-refractivity contribution in [2.75, 3.05) is 5.32 Å². The average molecular weight is 418 g/mol. The predicted octanol–water partition coefficient (Wildman–Crippen LogP) is 5.05. The number of nitrogens with one attached hydrogen (secondary N) is 2. The number of nitrogens with zero attached hydrogens (tertiary/aromatic N) is 1. The Morgan fingerprint density at radius 3 is 2.88 bits per heavy atom. The largest absolute Gasteiger partial charge is 0.375 e. The number of anilines is 1. The maximum absolute atomic E-state index is 12.7. The van der Waals surface area contributed by atoms with Crippen molar-refractivity contribution in [2.24, 2.45) is 5.92 Å². The van der Waals surface area contributed by atoms with Crippen molar-refractivity contribution in [3.05, 3.63) is 55.4 Å². The summed E-state index contributed by atoms with van der Waals surface area (Å²) in [5.74, 6) is 1.38. The highest BCUT2D eigenvalue weighted by molar-refractivity contribution is 9.10. The lowest BCUT2D eigenvalue weighted by molar-refractivity contribution is 0.509. The number of aromatic amines is 1. The molecule has 130 valence electrons. The summed E-state index contributed by atoms with van der Waals surface area (Å²) in [7, 11) is 0. The Morgan fingerprint density at radius 2 is 2.12 bits per heavy atom. The number of hydrogen-bond donors (Lipinski definition) is 2. The monoisotopic (exact) mass is 417 g/mol. The quantitative estimate of drug-likeness (QED) is 0.626. The molecule has 0 spiro atoms. The van der Waals surface area contributed by atoms with E-state index in [1.54, 1.807) is 11.3 Å². The normalized spacial score (nSPS) is 18.1. The van der Waals surface area contributed by atoms with Crippen LogP contribution in [0.1, 0.15) is 42.6 Å². The maximum atomic E-state index is 12.7. The highest BCUT2D eigenvalue weighted by Crippen LogP contribution is 2.36. The van der Waals surface area contributed by atoms with Gasteiger partial charge in [-0.1, -0.05) is 22.9 Å². The van der Waals surface area contributed by atoms with Crippen molar-refractivity contribution < 1.29 is 0 Å². The van der Waals surface area contributed by atoms with Gasteiger partial charge in [0.05, 0.1) is 11.4 Å². The van der Waals surface area contributed by atoms with Crippen LogP contribution in [0.2, 0.25) is 0 Å². The van der Waals surface area contributed by atoms with E-state index in [9.17, 15) is 4.79 Å². The highest BCUT2D eigenvalue weighted by atomic mass is 79.9. The molecule has 2 atom stereocenters. The van der Waals surface area contributed by atoms with Crippen molar-refractivity contribution in [1.82, 2.24) is 9.97 Å². The molecule has 0 aliphatic heterocycles. The lowest BCUT2D eigenvalue weighted by Gasteiger charge is -2.17. The number of aryl methyl sites for hydroxylation is 1. The van der Waals surface area contributed by atoms with E-state index in [2.05, 4.69) is 33.2 Å². The molecule has 3 aromatic rings. The van der Waals surface area contributed by atoms with E-state index in [0.29, 0.717) is 11.7 Å². The van der Waals surface area contributed by atoms with E-state index < -0.39 is 0 Å². The van der Waals surface area contributed by atoms with E-state index in [1.807, 2.05) is 31.2 Å². The van der Waals surface area contributed by atoms with Crippen LogP contribution in [0.3, 0.4) is 0 Å². The van der Waals surface area contributed by atoms with Gasteiger partial charge in [0.25, 0.3) is 5.56 Å². The topological polar surface area (TPSA) is 57.8 Å². The van der Waals surface area contributed by atoms with Crippen molar-refractivity contribution in [2.45, 2.75) is 39.2 Å².